The fourth-order valence-electron chi connectivity index (χ4n) is 3.50. The van der Waals surface area contributed by atoms with Gasteiger partial charge in [-0.1, -0.05) is 55.8 Å². The van der Waals surface area contributed by atoms with Crippen LogP contribution in [0.4, 0.5) is 11.4 Å². The highest BCUT2D eigenvalue weighted by molar-refractivity contribution is 6.33. The molecule has 1 aliphatic heterocycles. The van der Waals surface area contributed by atoms with Gasteiger partial charge < -0.3 is 15.1 Å². The van der Waals surface area contributed by atoms with Gasteiger partial charge in [-0.15, -0.1) is 0 Å². The van der Waals surface area contributed by atoms with Gasteiger partial charge in [0.1, 0.15) is 0 Å². The molecular formula is C23H28ClN3O2. The molecule has 0 aliphatic carbocycles. The molecule has 2 amide bonds. The van der Waals surface area contributed by atoms with Crippen LogP contribution in [0.1, 0.15) is 25.8 Å². The fraction of sp³-hybridized carbons (Fsp3) is 0.391. The van der Waals surface area contributed by atoms with E-state index in [1.54, 1.807) is 6.07 Å². The lowest BCUT2D eigenvalue weighted by atomic mass is 10.1. The molecule has 0 bridgehead atoms. The number of benzene rings is 2. The molecule has 1 aliphatic rings. The Hall–Kier alpha value is -2.53. The summed E-state index contributed by atoms with van der Waals surface area (Å²) in [6.07, 6.45) is 0.921. The largest absolute Gasteiger partial charge is 0.367 e. The first-order valence-electron chi connectivity index (χ1n) is 10.1. The monoisotopic (exact) mass is 413 g/mol. The van der Waals surface area contributed by atoms with Crippen LogP contribution in [-0.2, 0) is 16.0 Å². The van der Waals surface area contributed by atoms with Crippen LogP contribution in [0.5, 0.6) is 0 Å². The van der Waals surface area contributed by atoms with Crippen LogP contribution in [0.3, 0.4) is 0 Å². The Labute approximate surface area is 177 Å². The van der Waals surface area contributed by atoms with Gasteiger partial charge in [-0.05, 0) is 29.7 Å². The standard InChI is InChI=1S/C23H28ClN3O2/c1-17(2)14-23(29)27-12-10-26(11-13-27)21-9-8-19(16-20(21)24)25-22(28)15-18-6-4-3-5-7-18/h3-9,16-17H,10-15H2,1-2H3,(H,25,28). The minimum Gasteiger partial charge on any atom is -0.367 e. The van der Waals surface area contributed by atoms with Crippen LogP contribution >= 0.6 is 11.6 Å². The summed E-state index contributed by atoms with van der Waals surface area (Å²) in [5.74, 6) is 0.527. The highest BCUT2D eigenvalue weighted by Gasteiger charge is 2.23. The predicted octanol–water partition coefficient (Wildman–Crippen LogP) is 4.22. The normalized spacial score (nSPS) is 14.2. The van der Waals surface area contributed by atoms with Crippen molar-refractivity contribution in [2.75, 3.05) is 36.4 Å². The van der Waals surface area contributed by atoms with E-state index in [0.717, 1.165) is 24.3 Å². The summed E-state index contributed by atoms with van der Waals surface area (Å²) in [6, 6.07) is 15.2. The predicted molar refractivity (Wildman–Crippen MR) is 118 cm³/mol. The zero-order chi connectivity index (χ0) is 20.8. The van der Waals surface area contributed by atoms with Crippen molar-refractivity contribution in [3.63, 3.8) is 0 Å². The van der Waals surface area contributed by atoms with E-state index in [9.17, 15) is 9.59 Å². The lowest BCUT2D eigenvalue weighted by Crippen LogP contribution is -2.49. The molecule has 1 heterocycles. The number of rotatable bonds is 6. The second kappa shape index (κ2) is 9.79. The van der Waals surface area contributed by atoms with Gasteiger partial charge in [0.25, 0.3) is 0 Å². The van der Waals surface area contributed by atoms with Gasteiger partial charge in [-0.25, -0.2) is 0 Å². The van der Waals surface area contributed by atoms with Crippen LogP contribution in [0.15, 0.2) is 48.5 Å². The number of halogens is 1. The maximum absolute atomic E-state index is 12.3. The van der Waals surface area contributed by atoms with Crippen molar-refractivity contribution in [2.24, 2.45) is 5.92 Å². The molecule has 0 radical (unpaired) electrons. The average molecular weight is 414 g/mol. The second-order valence-electron chi connectivity index (χ2n) is 7.84. The molecule has 5 nitrogen and oxygen atoms in total. The highest BCUT2D eigenvalue weighted by Crippen LogP contribution is 2.30. The van der Waals surface area contributed by atoms with E-state index in [1.165, 1.54) is 0 Å². The summed E-state index contributed by atoms with van der Waals surface area (Å²) < 4.78 is 0. The number of carbonyl (C=O) groups excluding carboxylic acids is 2. The van der Waals surface area contributed by atoms with Crippen LogP contribution in [0.25, 0.3) is 0 Å². The molecule has 0 atom stereocenters. The third-order valence-corrected chi connectivity index (χ3v) is 5.30. The average Bonchev–Trinajstić information content (AvgIpc) is 2.68. The summed E-state index contributed by atoms with van der Waals surface area (Å²) in [5, 5.41) is 3.51. The lowest BCUT2D eigenvalue weighted by molar-refractivity contribution is -0.132. The van der Waals surface area contributed by atoms with Crippen LogP contribution in [-0.4, -0.2) is 42.9 Å². The molecule has 3 rings (SSSR count). The number of amides is 2. The molecule has 0 aromatic heterocycles. The first-order valence-corrected chi connectivity index (χ1v) is 10.5. The maximum atomic E-state index is 12.3. The van der Waals surface area contributed by atoms with E-state index >= 15 is 0 Å². The molecule has 1 saturated heterocycles. The van der Waals surface area contributed by atoms with Crippen LogP contribution in [0, 0.1) is 5.92 Å². The van der Waals surface area contributed by atoms with Crippen molar-refractivity contribution in [3.05, 3.63) is 59.1 Å². The minimum atomic E-state index is -0.0719. The topological polar surface area (TPSA) is 52.7 Å². The molecule has 0 saturated carbocycles. The summed E-state index contributed by atoms with van der Waals surface area (Å²) in [5.41, 5.74) is 2.59. The van der Waals surface area contributed by atoms with E-state index in [0.29, 0.717) is 42.6 Å². The van der Waals surface area contributed by atoms with Crippen LogP contribution < -0.4 is 10.2 Å². The van der Waals surface area contributed by atoms with Gasteiger partial charge in [0.05, 0.1) is 17.1 Å². The number of carbonyl (C=O) groups is 2. The zero-order valence-corrected chi connectivity index (χ0v) is 17.8. The van der Waals surface area contributed by atoms with E-state index in [1.807, 2.05) is 47.4 Å². The molecule has 0 spiro atoms. The summed E-state index contributed by atoms with van der Waals surface area (Å²) in [6.45, 7) is 7.05. The van der Waals surface area contributed by atoms with Gasteiger partial charge in [0.2, 0.25) is 11.8 Å². The van der Waals surface area contributed by atoms with Crippen molar-refractivity contribution in [1.29, 1.82) is 0 Å². The molecule has 1 fully saturated rings. The number of hydrogen-bond donors (Lipinski definition) is 1. The first-order chi connectivity index (χ1) is 13.9. The molecule has 2 aromatic carbocycles. The number of anilines is 2. The quantitative estimate of drug-likeness (QED) is 0.771. The molecule has 6 heteroatoms. The summed E-state index contributed by atoms with van der Waals surface area (Å²) in [7, 11) is 0. The van der Waals surface area contributed by atoms with Crippen molar-refractivity contribution in [3.8, 4) is 0 Å². The first kappa shape index (κ1) is 21.2. The van der Waals surface area contributed by atoms with Crippen molar-refractivity contribution in [1.82, 2.24) is 4.90 Å². The smallest absolute Gasteiger partial charge is 0.228 e. The van der Waals surface area contributed by atoms with E-state index in [2.05, 4.69) is 24.1 Å². The van der Waals surface area contributed by atoms with E-state index < -0.39 is 0 Å². The Bertz CT molecular complexity index is 846. The number of nitrogens with one attached hydrogen (secondary N) is 1. The van der Waals surface area contributed by atoms with Crippen molar-refractivity contribution < 1.29 is 9.59 Å². The van der Waals surface area contributed by atoms with Crippen molar-refractivity contribution in [2.45, 2.75) is 26.7 Å². The number of nitrogens with zero attached hydrogens (tertiary/aromatic N) is 2. The fourth-order valence-corrected chi connectivity index (χ4v) is 3.80. The zero-order valence-electron chi connectivity index (χ0n) is 17.0. The molecule has 1 N–H and O–H groups in total. The van der Waals surface area contributed by atoms with Gasteiger partial charge >= 0.3 is 0 Å². The van der Waals surface area contributed by atoms with Gasteiger partial charge in [0.15, 0.2) is 0 Å². The molecule has 2 aromatic rings. The Morgan fingerprint density at radius 3 is 2.34 bits per heavy atom. The van der Waals surface area contributed by atoms with Gasteiger partial charge in [-0.3, -0.25) is 9.59 Å². The van der Waals surface area contributed by atoms with Crippen molar-refractivity contribution >= 4 is 34.8 Å². The van der Waals surface area contributed by atoms with Crippen LogP contribution in [0.2, 0.25) is 5.02 Å². The third kappa shape index (κ3) is 5.97. The lowest BCUT2D eigenvalue weighted by Gasteiger charge is -2.36. The molecule has 0 unspecified atom stereocenters. The minimum absolute atomic E-state index is 0.0719. The molecular weight excluding hydrogens is 386 g/mol. The van der Waals surface area contributed by atoms with E-state index in [4.69, 9.17) is 11.6 Å². The molecule has 29 heavy (non-hydrogen) atoms. The Kier molecular flexibility index (Phi) is 7.15. The Balaban J connectivity index is 1.56. The summed E-state index contributed by atoms with van der Waals surface area (Å²) >= 11 is 6.50. The Morgan fingerprint density at radius 1 is 1.03 bits per heavy atom. The van der Waals surface area contributed by atoms with Gasteiger partial charge in [-0.2, -0.15) is 0 Å². The highest BCUT2D eigenvalue weighted by atomic mass is 35.5. The SMILES string of the molecule is CC(C)CC(=O)N1CCN(c2ccc(NC(=O)Cc3ccccc3)cc2Cl)CC1. The number of piperazine rings is 1. The maximum Gasteiger partial charge on any atom is 0.228 e. The Morgan fingerprint density at radius 2 is 1.72 bits per heavy atom. The molecule has 154 valence electrons. The second-order valence-corrected chi connectivity index (χ2v) is 8.25. The van der Waals surface area contributed by atoms with E-state index in [-0.39, 0.29) is 11.8 Å². The third-order valence-electron chi connectivity index (χ3n) is 4.99. The number of hydrogen-bond acceptors (Lipinski definition) is 3. The van der Waals surface area contributed by atoms with Gasteiger partial charge in [0, 0.05) is 38.3 Å². The summed E-state index contributed by atoms with van der Waals surface area (Å²) in [4.78, 5) is 28.6.